The van der Waals surface area contributed by atoms with Crippen molar-refractivity contribution in [2.24, 2.45) is 0 Å². The van der Waals surface area contributed by atoms with Crippen LogP contribution in [-0.2, 0) is 28.3 Å². The number of amides is 2. The zero-order valence-electron chi connectivity index (χ0n) is 21.5. The van der Waals surface area contributed by atoms with Gasteiger partial charge in [0.2, 0.25) is 11.8 Å². The first-order valence-corrected chi connectivity index (χ1v) is 13.7. The van der Waals surface area contributed by atoms with E-state index in [0.29, 0.717) is 18.0 Å². The van der Waals surface area contributed by atoms with Gasteiger partial charge in [-0.05, 0) is 62.1 Å². The fraction of sp³-hybridized carbons (Fsp3) is 0.333. The lowest BCUT2D eigenvalue weighted by Gasteiger charge is -2.34. The number of carbonyl (C=O) groups is 2. The minimum Gasteiger partial charge on any atom is -0.350 e. The fourth-order valence-corrected chi connectivity index (χ4v) is 5.14. The molecule has 0 saturated heterocycles. The molecule has 0 saturated carbocycles. The van der Waals surface area contributed by atoms with Crippen LogP contribution in [0.2, 0.25) is 5.02 Å². The maximum absolute atomic E-state index is 13.7. The van der Waals surface area contributed by atoms with Crippen molar-refractivity contribution in [3.05, 3.63) is 106 Å². The summed E-state index contributed by atoms with van der Waals surface area (Å²) in [4.78, 5) is 29.0. The van der Waals surface area contributed by atoms with Crippen LogP contribution in [0.15, 0.2) is 78.9 Å². The second-order valence-electron chi connectivity index (χ2n) is 10.0. The molecule has 0 spiro atoms. The Morgan fingerprint density at radius 1 is 0.944 bits per heavy atom. The topological polar surface area (TPSA) is 49.4 Å². The number of thioether (sulfide) groups is 1. The molecule has 0 aliphatic rings. The lowest BCUT2D eigenvalue weighted by molar-refractivity contribution is -0.140. The van der Waals surface area contributed by atoms with Crippen LogP contribution in [-0.4, -0.2) is 34.0 Å². The zero-order chi connectivity index (χ0) is 26.1. The molecular formula is C30H35ClN2O2S. The zero-order valence-corrected chi connectivity index (χ0v) is 23.0. The van der Waals surface area contributed by atoms with Crippen molar-refractivity contribution in [3.8, 4) is 0 Å². The summed E-state index contributed by atoms with van der Waals surface area (Å²) in [5.41, 5.74) is 3.89. The summed E-state index contributed by atoms with van der Waals surface area (Å²) in [5, 5.41) is 3.70. The number of nitrogens with zero attached hydrogens (tertiary/aromatic N) is 1. The van der Waals surface area contributed by atoms with Crippen LogP contribution in [0.25, 0.3) is 0 Å². The van der Waals surface area contributed by atoms with E-state index in [1.165, 1.54) is 11.1 Å². The monoisotopic (exact) mass is 522 g/mol. The average Bonchev–Trinajstić information content (AvgIpc) is 2.82. The number of hydrogen-bond acceptors (Lipinski definition) is 3. The normalized spacial score (nSPS) is 12.1. The van der Waals surface area contributed by atoms with Gasteiger partial charge in [0.15, 0.2) is 0 Å². The minimum absolute atomic E-state index is 0.0708. The Balaban J connectivity index is 1.88. The molecule has 0 aliphatic carbocycles. The molecule has 1 N–H and O–H groups in total. The largest absolute Gasteiger partial charge is 0.350 e. The van der Waals surface area contributed by atoms with Gasteiger partial charge in [0.25, 0.3) is 0 Å². The molecule has 6 heteroatoms. The van der Waals surface area contributed by atoms with E-state index in [1.807, 2.05) is 87.5 Å². The summed E-state index contributed by atoms with van der Waals surface area (Å²) in [6, 6.07) is 24.9. The van der Waals surface area contributed by atoms with Crippen molar-refractivity contribution < 1.29 is 9.59 Å². The van der Waals surface area contributed by atoms with Gasteiger partial charge in [0.1, 0.15) is 6.04 Å². The minimum atomic E-state index is -0.655. The summed E-state index contributed by atoms with van der Waals surface area (Å²) >= 11 is 7.82. The third-order valence-electron chi connectivity index (χ3n) is 5.76. The number of aryl methyl sites for hydroxylation is 1. The Morgan fingerprint density at radius 2 is 1.61 bits per heavy atom. The molecule has 4 nitrogen and oxygen atoms in total. The molecule has 0 bridgehead atoms. The molecule has 0 radical (unpaired) electrons. The lowest BCUT2D eigenvalue weighted by Crippen LogP contribution is -2.54. The maximum atomic E-state index is 13.7. The van der Waals surface area contributed by atoms with Gasteiger partial charge in [-0.2, -0.15) is 0 Å². The van der Waals surface area contributed by atoms with E-state index in [9.17, 15) is 9.59 Å². The molecule has 3 rings (SSSR count). The Morgan fingerprint density at radius 3 is 2.28 bits per heavy atom. The van der Waals surface area contributed by atoms with E-state index < -0.39 is 11.6 Å². The number of carbonyl (C=O) groups excluding carboxylic acids is 2. The van der Waals surface area contributed by atoms with Crippen LogP contribution in [0.3, 0.4) is 0 Å². The SMILES string of the molecule is Cc1ccccc1CSCC(=O)N(Cc1cccc(Cl)c1)[C@H](Cc1ccccc1)C(=O)NC(C)(C)C. The molecule has 190 valence electrons. The molecule has 1 atom stereocenters. The molecule has 0 heterocycles. The molecule has 0 aliphatic heterocycles. The Hall–Kier alpha value is -2.76. The van der Waals surface area contributed by atoms with Crippen molar-refractivity contribution in [2.45, 2.75) is 58.0 Å². The van der Waals surface area contributed by atoms with Crippen LogP contribution >= 0.6 is 23.4 Å². The second kappa shape index (κ2) is 13.0. The molecule has 0 aromatic heterocycles. The number of halogens is 1. The van der Waals surface area contributed by atoms with Crippen LogP contribution in [0, 0.1) is 6.92 Å². The van der Waals surface area contributed by atoms with E-state index in [2.05, 4.69) is 24.4 Å². The highest BCUT2D eigenvalue weighted by molar-refractivity contribution is 7.99. The van der Waals surface area contributed by atoms with Gasteiger partial charge in [-0.25, -0.2) is 0 Å². The average molecular weight is 523 g/mol. The number of hydrogen-bond donors (Lipinski definition) is 1. The van der Waals surface area contributed by atoms with E-state index >= 15 is 0 Å². The van der Waals surface area contributed by atoms with Gasteiger partial charge in [0.05, 0.1) is 5.75 Å². The maximum Gasteiger partial charge on any atom is 0.243 e. The van der Waals surface area contributed by atoms with Crippen LogP contribution in [0.1, 0.15) is 43.0 Å². The van der Waals surface area contributed by atoms with Gasteiger partial charge >= 0.3 is 0 Å². The number of rotatable bonds is 10. The van der Waals surface area contributed by atoms with Crippen molar-refractivity contribution in [1.29, 1.82) is 0 Å². The molecule has 3 aromatic rings. The van der Waals surface area contributed by atoms with Crippen LogP contribution in [0.4, 0.5) is 0 Å². The molecule has 3 aromatic carbocycles. The first-order valence-electron chi connectivity index (χ1n) is 12.1. The predicted molar refractivity (Wildman–Crippen MR) is 151 cm³/mol. The summed E-state index contributed by atoms with van der Waals surface area (Å²) in [6.45, 7) is 8.23. The first-order chi connectivity index (χ1) is 17.1. The highest BCUT2D eigenvalue weighted by atomic mass is 35.5. The van der Waals surface area contributed by atoms with Crippen molar-refractivity contribution in [1.82, 2.24) is 10.2 Å². The molecule has 2 amide bonds. The molecule has 36 heavy (non-hydrogen) atoms. The van der Waals surface area contributed by atoms with Crippen LogP contribution in [0.5, 0.6) is 0 Å². The van der Waals surface area contributed by atoms with E-state index in [1.54, 1.807) is 16.7 Å². The van der Waals surface area contributed by atoms with Crippen molar-refractivity contribution in [2.75, 3.05) is 5.75 Å². The first kappa shape index (κ1) is 27.8. The quantitative estimate of drug-likeness (QED) is 0.333. The van der Waals surface area contributed by atoms with E-state index in [4.69, 9.17) is 11.6 Å². The fourth-order valence-electron chi connectivity index (χ4n) is 3.94. The number of nitrogens with one attached hydrogen (secondary N) is 1. The highest BCUT2D eigenvalue weighted by Crippen LogP contribution is 2.21. The van der Waals surface area contributed by atoms with Gasteiger partial charge in [-0.15, -0.1) is 11.8 Å². The van der Waals surface area contributed by atoms with Gasteiger partial charge < -0.3 is 10.2 Å². The smallest absolute Gasteiger partial charge is 0.243 e. The third kappa shape index (κ3) is 8.72. The Labute approximate surface area is 224 Å². The van der Waals surface area contributed by atoms with Crippen LogP contribution < -0.4 is 5.32 Å². The Kier molecular flexibility index (Phi) is 10.0. The lowest BCUT2D eigenvalue weighted by atomic mass is 10.0. The summed E-state index contributed by atoms with van der Waals surface area (Å²) in [7, 11) is 0. The standard InChI is InChI=1S/C30H35ClN2O2S/c1-22-11-8-9-15-25(22)20-36-21-28(34)33(19-24-14-10-16-26(31)17-24)27(29(35)32-30(2,3)4)18-23-12-6-5-7-13-23/h5-17,27H,18-21H2,1-4H3,(H,32,35)/t27-/m1/s1. The van der Waals surface area contributed by atoms with Gasteiger partial charge in [-0.1, -0.05) is 78.3 Å². The summed E-state index contributed by atoms with van der Waals surface area (Å²) in [5.74, 6) is 0.786. The molecular weight excluding hydrogens is 488 g/mol. The van der Waals surface area contributed by atoms with Gasteiger partial charge in [-0.3, -0.25) is 9.59 Å². The van der Waals surface area contributed by atoms with Crippen molar-refractivity contribution >= 4 is 35.2 Å². The number of benzene rings is 3. The second-order valence-corrected chi connectivity index (χ2v) is 11.4. The third-order valence-corrected chi connectivity index (χ3v) is 6.96. The summed E-state index contributed by atoms with van der Waals surface area (Å²) < 4.78 is 0. The van der Waals surface area contributed by atoms with Gasteiger partial charge in [0, 0.05) is 29.3 Å². The predicted octanol–water partition coefficient (Wildman–Crippen LogP) is 6.44. The molecule has 0 unspecified atom stereocenters. The van der Waals surface area contributed by atoms with E-state index in [-0.39, 0.29) is 17.6 Å². The highest BCUT2D eigenvalue weighted by Gasteiger charge is 2.32. The van der Waals surface area contributed by atoms with E-state index in [0.717, 1.165) is 16.9 Å². The van der Waals surface area contributed by atoms with Crippen molar-refractivity contribution in [3.63, 3.8) is 0 Å². The Bertz CT molecular complexity index is 1160. The summed E-state index contributed by atoms with van der Waals surface area (Å²) in [6.07, 6.45) is 0.428. The molecule has 0 fully saturated rings.